The molecular formula is C13H15ClN4O. The van der Waals surface area contributed by atoms with Gasteiger partial charge in [0, 0.05) is 25.7 Å². The Morgan fingerprint density at radius 3 is 2.53 bits per heavy atom. The summed E-state index contributed by atoms with van der Waals surface area (Å²) in [6.45, 7) is 1.87. The lowest BCUT2D eigenvalue weighted by atomic mass is 10.0. The monoisotopic (exact) mass is 278 g/mol. The van der Waals surface area contributed by atoms with Gasteiger partial charge in [0.2, 0.25) is 5.95 Å². The Hall–Kier alpha value is -2.01. The second-order valence-corrected chi connectivity index (χ2v) is 4.89. The molecule has 0 radical (unpaired) electrons. The topological polar surface area (TPSA) is 75.3 Å². The molecular weight excluding hydrogens is 264 g/mol. The maximum absolute atomic E-state index is 9.57. The number of phenolic OH excluding ortho intramolecular Hbond substituents is 1. The van der Waals surface area contributed by atoms with Gasteiger partial charge in [-0.2, -0.15) is 4.98 Å². The van der Waals surface area contributed by atoms with Crippen molar-refractivity contribution in [2.75, 3.05) is 24.7 Å². The number of phenols is 1. The van der Waals surface area contributed by atoms with Crippen molar-refractivity contribution in [3.05, 3.63) is 28.8 Å². The van der Waals surface area contributed by atoms with E-state index < -0.39 is 0 Å². The van der Waals surface area contributed by atoms with Crippen LogP contribution < -0.4 is 10.6 Å². The van der Waals surface area contributed by atoms with Crippen molar-refractivity contribution in [2.45, 2.75) is 6.92 Å². The van der Waals surface area contributed by atoms with E-state index >= 15 is 0 Å². The average Bonchev–Trinajstić information content (AvgIpc) is 2.33. The molecule has 2 rings (SSSR count). The number of benzene rings is 1. The molecule has 0 saturated carbocycles. The number of rotatable bonds is 2. The highest BCUT2D eigenvalue weighted by atomic mass is 35.5. The van der Waals surface area contributed by atoms with Gasteiger partial charge in [0.05, 0.1) is 10.7 Å². The van der Waals surface area contributed by atoms with Gasteiger partial charge in [0.15, 0.2) is 0 Å². The fourth-order valence-corrected chi connectivity index (χ4v) is 1.93. The molecule has 2 aromatic rings. The van der Waals surface area contributed by atoms with Crippen LogP contribution in [-0.4, -0.2) is 29.2 Å². The van der Waals surface area contributed by atoms with Crippen LogP contribution in [0.3, 0.4) is 0 Å². The van der Waals surface area contributed by atoms with E-state index in [0.717, 1.165) is 11.1 Å². The molecule has 0 spiro atoms. The number of nitrogens with two attached hydrogens (primary N) is 1. The quantitative estimate of drug-likeness (QED) is 0.882. The van der Waals surface area contributed by atoms with Gasteiger partial charge in [-0.1, -0.05) is 11.6 Å². The fourth-order valence-electron chi connectivity index (χ4n) is 1.76. The first-order chi connectivity index (χ1) is 8.88. The molecule has 6 heteroatoms. The SMILES string of the molecule is Cc1cc(O)c(Cl)cc1-c1cc(N(C)C)nc(N)n1. The Labute approximate surface area is 116 Å². The lowest BCUT2D eigenvalue weighted by Gasteiger charge is -2.14. The molecule has 0 saturated heterocycles. The lowest BCUT2D eigenvalue weighted by Crippen LogP contribution is -2.12. The Balaban J connectivity index is 2.62. The van der Waals surface area contributed by atoms with Gasteiger partial charge in [-0.05, 0) is 24.6 Å². The first-order valence-corrected chi connectivity index (χ1v) is 6.07. The number of hydrogen-bond acceptors (Lipinski definition) is 5. The zero-order valence-electron chi connectivity index (χ0n) is 11.0. The molecule has 0 atom stereocenters. The van der Waals surface area contributed by atoms with Crippen LogP contribution in [0.25, 0.3) is 11.3 Å². The van der Waals surface area contributed by atoms with E-state index in [-0.39, 0.29) is 16.7 Å². The van der Waals surface area contributed by atoms with Gasteiger partial charge >= 0.3 is 0 Å². The molecule has 0 aliphatic heterocycles. The summed E-state index contributed by atoms with van der Waals surface area (Å²) in [5, 5.41) is 9.85. The number of hydrogen-bond donors (Lipinski definition) is 2. The fraction of sp³-hybridized carbons (Fsp3) is 0.231. The van der Waals surface area contributed by atoms with Crippen LogP contribution in [0.5, 0.6) is 5.75 Å². The summed E-state index contributed by atoms with van der Waals surface area (Å²) in [7, 11) is 3.75. The maximum atomic E-state index is 9.57. The number of aromatic hydroxyl groups is 1. The number of aromatic nitrogens is 2. The largest absolute Gasteiger partial charge is 0.506 e. The molecule has 0 bridgehead atoms. The normalized spacial score (nSPS) is 10.5. The van der Waals surface area contributed by atoms with Gasteiger partial charge in [0.1, 0.15) is 11.6 Å². The van der Waals surface area contributed by atoms with Crippen LogP contribution in [0.4, 0.5) is 11.8 Å². The van der Waals surface area contributed by atoms with Crippen LogP contribution in [0.1, 0.15) is 5.56 Å². The molecule has 1 heterocycles. The molecule has 0 aliphatic carbocycles. The molecule has 0 aliphatic rings. The van der Waals surface area contributed by atoms with Gasteiger partial charge in [-0.15, -0.1) is 0 Å². The zero-order chi connectivity index (χ0) is 14.2. The highest BCUT2D eigenvalue weighted by Crippen LogP contribution is 2.33. The van der Waals surface area contributed by atoms with Gasteiger partial charge < -0.3 is 15.7 Å². The predicted octanol–water partition coefficient (Wildman–Crippen LogP) is 2.46. The maximum Gasteiger partial charge on any atom is 0.222 e. The minimum absolute atomic E-state index is 0.0535. The van der Waals surface area contributed by atoms with Crippen molar-refractivity contribution in [3.63, 3.8) is 0 Å². The van der Waals surface area contributed by atoms with Crippen molar-refractivity contribution >= 4 is 23.4 Å². The van der Waals surface area contributed by atoms with E-state index in [1.165, 1.54) is 0 Å². The number of halogens is 1. The Kier molecular flexibility index (Phi) is 3.48. The molecule has 0 amide bonds. The van der Waals surface area contributed by atoms with E-state index in [4.69, 9.17) is 17.3 Å². The minimum Gasteiger partial charge on any atom is -0.506 e. The first-order valence-electron chi connectivity index (χ1n) is 5.70. The molecule has 1 aromatic carbocycles. The second-order valence-electron chi connectivity index (χ2n) is 4.48. The van der Waals surface area contributed by atoms with Crippen LogP contribution in [0.15, 0.2) is 18.2 Å². The van der Waals surface area contributed by atoms with Gasteiger partial charge in [-0.3, -0.25) is 0 Å². The van der Waals surface area contributed by atoms with Crippen molar-refractivity contribution in [1.29, 1.82) is 0 Å². The third kappa shape index (κ3) is 2.71. The third-order valence-electron chi connectivity index (χ3n) is 2.76. The average molecular weight is 279 g/mol. The van der Waals surface area contributed by atoms with Gasteiger partial charge in [-0.25, -0.2) is 4.98 Å². The Morgan fingerprint density at radius 2 is 1.89 bits per heavy atom. The standard InChI is InChI=1S/C13H15ClN4O/c1-7-4-11(19)9(14)5-8(7)10-6-12(18(2)3)17-13(15)16-10/h4-6,19H,1-3H3,(H2,15,16,17). The van der Waals surface area contributed by atoms with E-state index in [1.807, 2.05) is 32.0 Å². The second kappa shape index (κ2) is 4.93. The van der Waals surface area contributed by atoms with Gasteiger partial charge in [0.25, 0.3) is 0 Å². The summed E-state index contributed by atoms with van der Waals surface area (Å²) in [5.74, 6) is 0.966. The van der Waals surface area contributed by atoms with Crippen LogP contribution in [0.2, 0.25) is 5.02 Å². The van der Waals surface area contributed by atoms with Crippen molar-refractivity contribution in [3.8, 4) is 17.0 Å². The van der Waals surface area contributed by atoms with Crippen LogP contribution in [0, 0.1) is 6.92 Å². The molecule has 1 aromatic heterocycles. The lowest BCUT2D eigenvalue weighted by molar-refractivity contribution is 0.475. The first kappa shape index (κ1) is 13.4. The predicted molar refractivity (Wildman–Crippen MR) is 77.6 cm³/mol. The number of aryl methyl sites for hydroxylation is 1. The van der Waals surface area contributed by atoms with E-state index in [1.54, 1.807) is 12.1 Å². The Bertz CT molecular complexity index is 628. The summed E-state index contributed by atoms with van der Waals surface area (Å²) in [6, 6.07) is 5.10. The summed E-state index contributed by atoms with van der Waals surface area (Å²) < 4.78 is 0. The number of nitrogens with zero attached hydrogens (tertiary/aromatic N) is 3. The zero-order valence-corrected chi connectivity index (χ0v) is 11.7. The summed E-state index contributed by atoms with van der Waals surface area (Å²) in [6.07, 6.45) is 0. The van der Waals surface area contributed by atoms with E-state index in [9.17, 15) is 5.11 Å². The van der Waals surface area contributed by atoms with Crippen molar-refractivity contribution in [1.82, 2.24) is 9.97 Å². The molecule has 19 heavy (non-hydrogen) atoms. The van der Waals surface area contributed by atoms with Crippen molar-refractivity contribution in [2.24, 2.45) is 0 Å². The summed E-state index contributed by atoms with van der Waals surface area (Å²) in [4.78, 5) is 10.2. The smallest absolute Gasteiger partial charge is 0.222 e. The highest BCUT2D eigenvalue weighted by Gasteiger charge is 2.11. The minimum atomic E-state index is 0.0535. The number of nitrogen functional groups attached to an aromatic ring is 1. The Morgan fingerprint density at radius 1 is 1.21 bits per heavy atom. The molecule has 5 nitrogen and oxygen atoms in total. The molecule has 0 fully saturated rings. The van der Waals surface area contributed by atoms with Crippen LogP contribution >= 0.6 is 11.6 Å². The third-order valence-corrected chi connectivity index (χ3v) is 3.06. The molecule has 100 valence electrons. The number of anilines is 2. The van der Waals surface area contributed by atoms with Crippen LogP contribution in [-0.2, 0) is 0 Å². The summed E-state index contributed by atoms with van der Waals surface area (Å²) in [5.41, 5.74) is 8.08. The highest BCUT2D eigenvalue weighted by molar-refractivity contribution is 6.32. The molecule has 3 N–H and O–H groups in total. The summed E-state index contributed by atoms with van der Waals surface area (Å²) >= 11 is 5.94. The van der Waals surface area contributed by atoms with E-state index in [2.05, 4.69) is 9.97 Å². The van der Waals surface area contributed by atoms with Crippen molar-refractivity contribution < 1.29 is 5.11 Å². The van der Waals surface area contributed by atoms with E-state index in [0.29, 0.717) is 11.5 Å². The molecule has 0 unspecified atom stereocenters.